The molecule has 0 radical (unpaired) electrons. The Morgan fingerprint density at radius 1 is 0.778 bits per heavy atom. The summed E-state index contributed by atoms with van der Waals surface area (Å²) in [7, 11) is 0. The first-order valence-electron chi connectivity index (χ1n) is 1.82. The van der Waals surface area contributed by atoms with Crippen molar-refractivity contribution < 1.29 is 38.0 Å². The first-order chi connectivity index (χ1) is 3.00. The van der Waals surface area contributed by atoms with E-state index in [0.29, 0.717) is 0 Å². The monoisotopic (exact) mass is 363 g/mol. The van der Waals surface area contributed by atoms with Crippen LogP contribution in [0.4, 0.5) is 0 Å². The Bertz CT molecular complexity index is 85.0. The van der Waals surface area contributed by atoms with Crippen LogP contribution < -0.4 is 17.0 Å². The van der Waals surface area contributed by atoms with Gasteiger partial charge < -0.3 is 29.1 Å². The van der Waals surface area contributed by atoms with Crippen molar-refractivity contribution in [1.29, 1.82) is 0 Å². The van der Waals surface area contributed by atoms with E-state index in [4.69, 9.17) is 0 Å². The van der Waals surface area contributed by atoms with Crippen molar-refractivity contribution in [2.24, 2.45) is 0 Å². The molecule has 0 spiro atoms. The fraction of sp³-hybridized carbons (Fsp3) is 0. The van der Waals surface area contributed by atoms with Crippen molar-refractivity contribution >= 4 is 23.1 Å². The van der Waals surface area contributed by atoms with Gasteiger partial charge in [-0.3, -0.25) is 24.3 Å². The molecule has 3 heteroatoms. The van der Waals surface area contributed by atoms with Gasteiger partial charge in [-0.25, -0.2) is 0 Å². The summed E-state index contributed by atoms with van der Waals surface area (Å²) in [5, 5.41) is 0. The molecule has 1 aromatic carbocycles. The zero-order valence-electron chi connectivity index (χ0n) is 4.80. The predicted molar refractivity (Wildman–Crippen MR) is 29.9 cm³/mol. The Labute approximate surface area is 96.6 Å². The quantitative estimate of drug-likeness (QED) is 0.366. The topological polar surface area (TPSA) is 0 Å². The Morgan fingerprint density at radius 3 is 1.11 bits per heavy atom. The summed E-state index contributed by atoms with van der Waals surface area (Å²) in [5.74, 6) is 0. The van der Waals surface area contributed by atoms with Crippen LogP contribution in [0, 0.1) is 12.1 Å². The molecular weight excluding hydrogens is 360 g/mol. The molecule has 0 aromatic heterocycles. The summed E-state index contributed by atoms with van der Waals surface area (Å²) in [5.41, 5.74) is 0. The number of hydrogen-bond donors (Lipinski definition) is 0. The molecule has 0 fully saturated rings. The molecule has 0 N–H and O–H groups in total. The van der Waals surface area contributed by atoms with Crippen molar-refractivity contribution in [2.75, 3.05) is 0 Å². The Kier molecular flexibility index (Phi) is 22.0. The van der Waals surface area contributed by atoms with E-state index in [-0.39, 0.29) is 61.1 Å². The molecular formula is C6H4BrMgW-. The van der Waals surface area contributed by atoms with Crippen LogP contribution in [0.5, 0.6) is 0 Å². The van der Waals surface area contributed by atoms with E-state index in [1.54, 1.807) is 0 Å². The first kappa shape index (κ1) is 16.6. The fourth-order valence-electron chi connectivity index (χ4n) is 0.304. The Morgan fingerprint density at radius 2 is 1.00 bits per heavy atom. The van der Waals surface area contributed by atoms with Crippen LogP contribution in [0.3, 0.4) is 0 Å². The predicted octanol–water partition coefficient (Wildman–Crippen LogP) is -2.09. The van der Waals surface area contributed by atoms with Crippen LogP contribution in [0.15, 0.2) is 24.3 Å². The molecule has 0 nitrogen and oxygen atoms in total. The molecule has 44 valence electrons. The summed E-state index contributed by atoms with van der Waals surface area (Å²) >= 11 is 0. The van der Waals surface area contributed by atoms with Gasteiger partial charge in [-0.05, 0) is 0 Å². The summed E-state index contributed by atoms with van der Waals surface area (Å²) < 4.78 is 0. The van der Waals surface area contributed by atoms with Gasteiger partial charge in [-0.2, -0.15) is 0 Å². The summed E-state index contributed by atoms with van der Waals surface area (Å²) in [6, 6.07) is 13.0. The molecule has 0 saturated heterocycles. The molecule has 1 aromatic rings. The van der Waals surface area contributed by atoms with Gasteiger partial charge in [-0.1, -0.05) is 0 Å². The van der Waals surface area contributed by atoms with Crippen molar-refractivity contribution in [3.05, 3.63) is 36.4 Å². The molecule has 0 amide bonds. The van der Waals surface area contributed by atoms with Crippen LogP contribution in [0.2, 0.25) is 0 Å². The van der Waals surface area contributed by atoms with Crippen molar-refractivity contribution in [1.82, 2.24) is 0 Å². The SMILES string of the molecule is [Br-].[Mg+2].[W].[c-]1cc[c-]cc1. The number of hydrogen-bond acceptors (Lipinski definition) is 0. The number of benzene rings is 1. The Balaban J connectivity index is -0.000000120. The molecule has 0 aliphatic rings. The molecule has 0 heterocycles. The second-order valence-corrected chi connectivity index (χ2v) is 1.00. The minimum absolute atomic E-state index is 0. The van der Waals surface area contributed by atoms with Crippen molar-refractivity contribution in [3.63, 3.8) is 0 Å². The normalized spacial score (nSPS) is 5.33. The van der Waals surface area contributed by atoms with Gasteiger partial charge in [0.2, 0.25) is 0 Å². The van der Waals surface area contributed by atoms with E-state index < -0.39 is 0 Å². The molecule has 0 atom stereocenters. The van der Waals surface area contributed by atoms with Crippen LogP contribution in [0.25, 0.3) is 0 Å². The minimum atomic E-state index is 0. The maximum Gasteiger partial charge on any atom is 2.00 e. The molecule has 0 saturated carbocycles. The van der Waals surface area contributed by atoms with Gasteiger partial charge in [0, 0.05) is 21.1 Å². The fourth-order valence-corrected chi connectivity index (χ4v) is 0.304. The standard InChI is InChI=1S/C6H4.BrH.Mg.W/c1-2-4-6-5-3-1;;;/h1-2,5-6H;1H;;/q-2;;+2;/p-1. The van der Waals surface area contributed by atoms with E-state index in [9.17, 15) is 0 Å². The maximum atomic E-state index is 2.86. The molecule has 0 bridgehead atoms. The van der Waals surface area contributed by atoms with Crippen molar-refractivity contribution in [3.8, 4) is 0 Å². The van der Waals surface area contributed by atoms with Gasteiger partial charge >= 0.3 is 23.1 Å². The largest absolute Gasteiger partial charge is 2.00 e. The van der Waals surface area contributed by atoms with Gasteiger partial charge in [0.15, 0.2) is 0 Å². The van der Waals surface area contributed by atoms with Gasteiger partial charge in [0.1, 0.15) is 0 Å². The Hall–Kier alpha value is 1.15. The first-order valence-corrected chi connectivity index (χ1v) is 1.82. The minimum Gasteiger partial charge on any atom is -1.00 e. The van der Waals surface area contributed by atoms with E-state index in [1.165, 1.54) is 0 Å². The smallest absolute Gasteiger partial charge is 1.00 e. The van der Waals surface area contributed by atoms with Crippen molar-refractivity contribution in [2.45, 2.75) is 0 Å². The van der Waals surface area contributed by atoms with E-state index >= 15 is 0 Å². The van der Waals surface area contributed by atoms with E-state index in [1.807, 2.05) is 24.3 Å². The average molecular weight is 364 g/mol. The van der Waals surface area contributed by atoms with Gasteiger partial charge in [-0.15, -0.1) is 0 Å². The third-order valence-electron chi connectivity index (χ3n) is 0.552. The summed E-state index contributed by atoms with van der Waals surface area (Å²) in [6.07, 6.45) is 0. The van der Waals surface area contributed by atoms with Crippen LogP contribution in [-0.4, -0.2) is 23.1 Å². The van der Waals surface area contributed by atoms with E-state index in [0.717, 1.165) is 0 Å². The van der Waals surface area contributed by atoms with Crippen LogP contribution in [0.1, 0.15) is 0 Å². The summed E-state index contributed by atoms with van der Waals surface area (Å²) in [4.78, 5) is 0. The molecule has 1 rings (SSSR count). The zero-order chi connectivity index (χ0) is 4.24. The number of halogens is 1. The number of rotatable bonds is 0. The average Bonchev–Trinajstić information content (AvgIpc) is 1.72. The third-order valence-corrected chi connectivity index (χ3v) is 0.552. The second-order valence-electron chi connectivity index (χ2n) is 1.00. The van der Waals surface area contributed by atoms with Crippen LogP contribution in [-0.2, 0) is 21.1 Å². The maximum absolute atomic E-state index is 2.86. The second kappa shape index (κ2) is 11.9. The summed E-state index contributed by atoms with van der Waals surface area (Å²) in [6.45, 7) is 0. The third kappa shape index (κ3) is 9.15. The molecule has 0 aliphatic carbocycles. The van der Waals surface area contributed by atoms with E-state index in [2.05, 4.69) is 12.1 Å². The zero-order valence-corrected chi connectivity index (χ0v) is 10.7. The molecule has 9 heavy (non-hydrogen) atoms. The molecule has 0 unspecified atom stereocenters. The van der Waals surface area contributed by atoms with Crippen LogP contribution >= 0.6 is 0 Å². The molecule has 0 aliphatic heterocycles. The van der Waals surface area contributed by atoms with Gasteiger partial charge in [0.05, 0.1) is 0 Å². The van der Waals surface area contributed by atoms with Gasteiger partial charge in [0.25, 0.3) is 0 Å².